The third-order valence-electron chi connectivity index (χ3n) is 23.6. The van der Waals surface area contributed by atoms with E-state index >= 15 is 0 Å². The van der Waals surface area contributed by atoms with Crippen molar-refractivity contribution in [2.45, 2.75) is 308 Å². The first-order valence-corrected chi connectivity index (χ1v) is 39.5. The van der Waals surface area contributed by atoms with Crippen molar-refractivity contribution in [3.63, 3.8) is 0 Å². The second-order valence-corrected chi connectivity index (χ2v) is 32.6. The van der Waals surface area contributed by atoms with Crippen molar-refractivity contribution in [3.8, 4) is 23.0 Å². The smallest absolute Gasteiger partial charge is 0.342 e. The van der Waals surface area contributed by atoms with Crippen LogP contribution >= 0.6 is 23.2 Å². The lowest BCUT2D eigenvalue weighted by atomic mass is 9.85. The molecule has 2 aromatic carbocycles. The number of nitrogens with zero attached hydrogens (tertiary/aromatic N) is 1. The maximum absolute atomic E-state index is 14.3. The normalized spacial score (nSPS) is 44.2. The summed E-state index contributed by atoms with van der Waals surface area (Å²) in [6.45, 7) is 15.3. The number of ether oxygens (including phenoxy) is 27. The molecule has 0 unspecified atom stereocenters. The molecule has 11 saturated heterocycles. The van der Waals surface area contributed by atoms with Gasteiger partial charge in [0.05, 0.1) is 88.0 Å². The van der Waals surface area contributed by atoms with Crippen LogP contribution in [0.1, 0.15) is 113 Å². The van der Waals surface area contributed by atoms with Gasteiger partial charge < -0.3 is 169 Å². The number of amides is 1. The molecule has 35 atom stereocenters. The summed E-state index contributed by atoms with van der Waals surface area (Å²) >= 11 is 12.8. The van der Waals surface area contributed by atoms with E-state index in [0.29, 0.717) is 0 Å². The topological polar surface area (TPSA) is 497 Å². The number of methoxy groups -OCH3 is 5. The maximum atomic E-state index is 14.3. The number of hydrogen-bond donors (Lipinski definition) is 8. The highest BCUT2D eigenvalue weighted by Crippen LogP contribution is 2.54. The summed E-state index contributed by atoms with van der Waals surface area (Å²) < 4.78 is 169. The fraction of sp³-hybridized carbons (Fsp3) is 0.800. The molecular weight excluding hydrogens is 1620 g/mol. The summed E-state index contributed by atoms with van der Waals surface area (Å²) in [5, 5.41) is 96.2. The molecule has 11 aliphatic heterocycles. The van der Waals surface area contributed by atoms with Crippen molar-refractivity contribution in [1.82, 2.24) is 5.32 Å². The Balaban J connectivity index is 0.669. The van der Waals surface area contributed by atoms with Crippen molar-refractivity contribution >= 4 is 41.0 Å². The van der Waals surface area contributed by atoms with Gasteiger partial charge in [0.2, 0.25) is 5.91 Å². The van der Waals surface area contributed by atoms with Gasteiger partial charge in [0.1, 0.15) is 131 Å². The maximum Gasteiger partial charge on any atom is 0.342 e. The summed E-state index contributed by atoms with van der Waals surface area (Å²) in [4.78, 5) is 52.1. The fourth-order valence-corrected chi connectivity index (χ4v) is 18.3. The SMILES string of the molecule is COC[C@H]1O[C@@H](O[C@@H]2OC[C@@H]3O[C@@]4(OC[C@@H](OC(=O)c5c(C)cc(O)cc5O)[C@@H]5OCO[C@H]54)O[C@H]3[C@H]2OCCNC(C)=O)[C@@H](OC)[C@@H](O)[C@@H]1O[C@@H]1O[C@H](C)[C@H](OC)[C@H](O[C@@H]2O[C@H](C)[C@H]3O[C@]4(C[C@@H](O)[C@H](O[C@H]5C[C@@H](O[C@H]6C[C@](C)([N+](=O)[O-])[C@@H](OC)[C@H](C)O6)[C@H](OC(=O)c6c(C)c(Cl)c(O)c(Cl)c6OC)[C@@H](C)O5)[C@@H](C)O4)O[C@]3(C)[C@@H]2O)[C@@]1(C)O. The van der Waals surface area contributed by atoms with E-state index in [9.17, 15) is 60.2 Å². The minimum atomic E-state index is -2.27. The number of aryl methyl sites for hydroxylation is 1. The summed E-state index contributed by atoms with van der Waals surface area (Å²) in [5.74, 6) is -7.93. The molecule has 11 fully saturated rings. The highest BCUT2D eigenvalue weighted by atomic mass is 35.5. The van der Waals surface area contributed by atoms with Crippen molar-refractivity contribution in [3.05, 3.63) is 54.5 Å². The molecule has 0 saturated carbocycles. The Morgan fingerprint density at radius 3 is 2.04 bits per heavy atom. The van der Waals surface area contributed by atoms with Crippen LogP contribution < -0.4 is 10.1 Å². The number of fused-ring (bicyclic) bond motifs is 4. The van der Waals surface area contributed by atoms with E-state index in [1.165, 1.54) is 83.2 Å². The standard InChI is InChI=1S/C75H106Cl2N2O39/c1-28-19-36(81)20-37(82)45(28)65(87)107-41-26-101-75(64-56(41)99-27-100-64)115-42-25-98-67(59(55(42)116-75)97-18-17-78-35(8)80)113-68-58(95-15)50(85)54(40(108-68)24-92-12)111-70-72(10,89)63(53(93-13)31(4)105-70)112-69-60(86)73(11)62(34(7)104-69)117-74(118-73)22-38(83)51(32(5)114-74)109-43-21-39(106-44-23-71(9,79(90)91)61(96-16)33(6)103-44)52(30(3)102-43)110-66(88)46-29(2)47(76)49(84)48(77)57(46)94-14/h19-20,30-34,38-44,50-56,58-64,67-70,81-86,89H,17-18,21-27H2,1-16H3,(H,78,80)/t30-,31-,32-,33+,34-,38-,39-,40-,41-,42+,43+,44+,50+,51-,52-,53+,54-,55-,56+,58+,59-,60-,61+,62-,63+,64-,67+,68+,69+,70+,71+,72-,73-,74-,75-/m1/s1. The lowest BCUT2D eigenvalue weighted by Crippen LogP contribution is -2.71. The molecule has 13 rings (SSSR count). The molecule has 8 N–H and O–H groups in total. The van der Waals surface area contributed by atoms with Gasteiger partial charge in [-0.3, -0.25) is 14.9 Å². The number of rotatable bonds is 25. The third-order valence-corrected chi connectivity index (χ3v) is 24.4. The van der Waals surface area contributed by atoms with Crippen LogP contribution in [-0.2, 0) is 128 Å². The molecule has 43 heteroatoms. The summed E-state index contributed by atoms with van der Waals surface area (Å²) in [7, 11) is 6.56. The number of hydrogen-bond acceptors (Lipinski definition) is 39. The van der Waals surface area contributed by atoms with Gasteiger partial charge in [0.25, 0.3) is 11.5 Å². The average Bonchev–Trinajstić information content (AvgIpc) is 1.59. The van der Waals surface area contributed by atoms with Gasteiger partial charge in [0.15, 0.2) is 73.7 Å². The minimum absolute atomic E-state index is 0.0236. The van der Waals surface area contributed by atoms with Crippen LogP contribution in [-0.4, -0.2) is 347 Å². The molecule has 41 nitrogen and oxygen atoms in total. The van der Waals surface area contributed by atoms with Gasteiger partial charge in [-0.15, -0.1) is 0 Å². The Kier molecular flexibility index (Phi) is 27.5. The van der Waals surface area contributed by atoms with Crippen molar-refractivity contribution in [1.29, 1.82) is 0 Å². The zero-order chi connectivity index (χ0) is 85.5. The summed E-state index contributed by atoms with van der Waals surface area (Å²) in [5.41, 5.74) is -5.86. The lowest BCUT2D eigenvalue weighted by Gasteiger charge is -2.53. The quantitative estimate of drug-likeness (QED) is 0.0304. The van der Waals surface area contributed by atoms with Crippen LogP contribution in [0.4, 0.5) is 0 Å². The van der Waals surface area contributed by atoms with Gasteiger partial charge in [-0.2, -0.15) is 0 Å². The van der Waals surface area contributed by atoms with E-state index in [2.05, 4.69) is 5.32 Å². The zero-order valence-electron chi connectivity index (χ0n) is 67.7. The molecule has 11 aliphatic rings. The van der Waals surface area contributed by atoms with Crippen LogP contribution in [0, 0.1) is 24.0 Å². The number of esters is 2. The number of phenolic OH excluding ortho intramolecular Hbond substituents is 3. The van der Waals surface area contributed by atoms with Gasteiger partial charge in [-0.25, -0.2) is 9.59 Å². The molecular formula is C75H106Cl2N2O39. The Morgan fingerprint density at radius 1 is 0.661 bits per heavy atom. The highest BCUT2D eigenvalue weighted by Gasteiger charge is 2.71. The van der Waals surface area contributed by atoms with Crippen molar-refractivity contribution in [2.75, 3.05) is 75.3 Å². The van der Waals surface area contributed by atoms with E-state index in [-0.39, 0.29) is 102 Å². The summed E-state index contributed by atoms with van der Waals surface area (Å²) in [6, 6.07) is 2.29. The summed E-state index contributed by atoms with van der Waals surface area (Å²) in [6.07, 6.45) is -39.0. The number of carbonyl (C=O) groups excluding carboxylic acids is 3. The van der Waals surface area contributed by atoms with Crippen LogP contribution in [0.15, 0.2) is 12.1 Å². The number of nitro groups is 1. The van der Waals surface area contributed by atoms with Crippen LogP contribution in [0.25, 0.3) is 0 Å². The average molecular weight is 1730 g/mol. The molecule has 0 aromatic heterocycles. The van der Waals surface area contributed by atoms with E-state index in [4.69, 9.17) is 151 Å². The van der Waals surface area contributed by atoms with Gasteiger partial charge in [-0.1, -0.05) is 23.2 Å². The molecule has 2 aromatic rings. The third kappa shape index (κ3) is 17.1. The predicted molar refractivity (Wildman–Crippen MR) is 390 cm³/mol. The molecule has 0 bridgehead atoms. The number of aliphatic hydroxyl groups excluding tert-OH is 3. The number of aliphatic hydroxyl groups is 4. The second-order valence-electron chi connectivity index (χ2n) is 31.9. The molecule has 118 heavy (non-hydrogen) atoms. The van der Waals surface area contributed by atoms with Crippen LogP contribution in [0.2, 0.25) is 10.0 Å². The lowest BCUT2D eigenvalue weighted by molar-refractivity contribution is -0.595. The first-order chi connectivity index (χ1) is 55.8. The van der Waals surface area contributed by atoms with E-state index < -0.39 is 248 Å². The first-order valence-electron chi connectivity index (χ1n) is 38.8. The Hall–Kier alpha value is -5.09. The van der Waals surface area contributed by atoms with Gasteiger partial charge in [0, 0.05) is 66.2 Å². The van der Waals surface area contributed by atoms with Crippen molar-refractivity contribution in [2.24, 2.45) is 0 Å². The number of carbonyl (C=O) groups is 3. The van der Waals surface area contributed by atoms with Crippen LogP contribution in [0.3, 0.4) is 0 Å². The number of phenols is 3. The number of halogens is 2. The van der Waals surface area contributed by atoms with Crippen molar-refractivity contribution < 1.29 is 183 Å². The molecule has 1 amide bonds. The van der Waals surface area contributed by atoms with Gasteiger partial charge in [-0.05, 0) is 79.5 Å². The molecule has 11 heterocycles. The molecule has 2 spiro atoms. The Bertz CT molecular complexity index is 3870. The Morgan fingerprint density at radius 2 is 1.37 bits per heavy atom. The number of nitrogens with one attached hydrogen (secondary N) is 1. The fourth-order valence-electron chi connectivity index (χ4n) is 17.8. The molecule has 0 radical (unpaired) electrons. The molecule has 664 valence electrons. The molecule has 0 aliphatic carbocycles. The van der Waals surface area contributed by atoms with Gasteiger partial charge >= 0.3 is 17.9 Å². The zero-order valence-corrected chi connectivity index (χ0v) is 69.2. The first kappa shape index (κ1) is 90.6. The van der Waals surface area contributed by atoms with E-state index in [0.717, 1.165) is 6.07 Å². The Labute approximate surface area is 687 Å². The largest absolute Gasteiger partial charge is 0.508 e. The number of benzene rings is 2. The minimum Gasteiger partial charge on any atom is -0.508 e. The highest BCUT2D eigenvalue weighted by molar-refractivity contribution is 6.39. The second kappa shape index (κ2) is 35.9. The predicted octanol–water partition coefficient (Wildman–Crippen LogP) is 1.81. The van der Waals surface area contributed by atoms with E-state index in [1.54, 1.807) is 34.6 Å². The number of aromatic hydroxyl groups is 3. The van der Waals surface area contributed by atoms with E-state index in [1.807, 2.05) is 0 Å². The van der Waals surface area contributed by atoms with Crippen LogP contribution in [0.5, 0.6) is 23.0 Å². The monoisotopic (exact) mass is 1730 g/mol.